The van der Waals surface area contributed by atoms with Crippen LogP contribution >= 0.6 is 11.6 Å². The van der Waals surface area contributed by atoms with E-state index in [9.17, 15) is 40.5 Å². The predicted octanol–water partition coefficient (Wildman–Crippen LogP) is 5.15. The maximum atomic E-state index is 11.5. The van der Waals surface area contributed by atoms with Crippen molar-refractivity contribution in [3.63, 3.8) is 0 Å². The molecule has 6 fully saturated rings. The Morgan fingerprint density at radius 1 is 0.408 bits per heavy atom. The van der Waals surface area contributed by atoms with Crippen LogP contribution in [-0.4, -0.2) is 245 Å². The Morgan fingerprint density at radius 2 is 0.709 bits per heavy atom. The molecule has 4 N–H and O–H groups in total. The van der Waals surface area contributed by atoms with Gasteiger partial charge in [-0.1, -0.05) is 0 Å². The lowest BCUT2D eigenvalue weighted by atomic mass is 10.0. The van der Waals surface area contributed by atoms with Gasteiger partial charge in [-0.3, -0.25) is 40.5 Å². The molecule has 0 radical (unpaired) electrons. The van der Waals surface area contributed by atoms with Crippen LogP contribution in [0.5, 0.6) is 0 Å². The number of likely N-dealkylation sites (N-methyl/N-ethyl adjacent to an activating group) is 2. The van der Waals surface area contributed by atoms with Crippen molar-refractivity contribution in [1.82, 2.24) is 54.7 Å². The molecule has 103 heavy (non-hydrogen) atoms. The normalized spacial score (nSPS) is 24.0. The molecule has 4 aromatic carbocycles. The highest BCUT2D eigenvalue weighted by Crippen LogP contribution is 2.36. The molecule has 0 amide bonds. The van der Waals surface area contributed by atoms with Crippen LogP contribution in [0.15, 0.2) is 97.1 Å². The number of rotatable bonds is 24. The number of nitro benzene ring substituents is 4. The molecular formula is C63H74ClN23O16. The van der Waals surface area contributed by atoms with Crippen LogP contribution < -0.4 is 40.9 Å². The smallest absolute Gasteiger partial charge is 0.269 e. The van der Waals surface area contributed by atoms with Gasteiger partial charge in [-0.15, -0.1) is 0 Å². The van der Waals surface area contributed by atoms with Crippen molar-refractivity contribution in [3.8, 4) is 0 Å². The van der Waals surface area contributed by atoms with Crippen molar-refractivity contribution in [2.45, 2.75) is 61.2 Å². The summed E-state index contributed by atoms with van der Waals surface area (Å²) >= 11 is 6.74. The summed E-state index contributed by atoms with van der Waals surface area (Å²) in [6.07, 6.45) is -3.80. The number of nitrogens with one attached hydrogen (secondary N) is 4. The van der Waals surface area contributed by atoms with Crippen LogP contribution in [0.25, 0.3) is 0 Å². The highest BCUT2D eigenvalue weighted by molar-refractivity contribution is 6.28. The lowest BCUT2D eigenvalue weighted by Gasteiger charge is -2.40. The summed E-state index contributed by atoms with van der Waals surface area (Å²) in [6.45, 7) is 4.35. The molecule has 0 unspecified atom stereocenters. The summed E-state index contributed by atoms with van der Waals surface area (Å²) in [6, 6.07) is 23.2. The first-order valence-corrected chi connectivity index (χ1v) is 33.4. The number of benzene rings is 4. The largest absolute Gasteiger partial charge is 0.353 e. The molecule has 544 valence electrons. The number of hydrogen-bond acceptors (Lipinski definition) is 35. The Morgan fingerprint density at radius 3 is 1.02 bits per heavy atom. The fourth-order valence-corrected chi connectivity index (χ4v) is 12.8. The molecule has 0 spiro atoms. The summed E-state index contributed by atoms with van der Waals surface area (Å²) in [7, 11) is 7.62. The molecule has 6 aliphatic rings. The Labute approximate surface area is 592 Å². The van der Waals surface area contributed by atoms with E-state index in [2.05, 4.69) is 31.2 Å². The topological polar surface area (TPSA) is 430 Å². The van der Waals surface area contributed by atoms with Crippen LogP contribution in [0.3, 0.4) is 0 Å². The maximum Gasteiger partial charge on any atom is 0.269 e. The van der Waals surface area contributed by atoms with Crippen molar-refractivity contribution in [3.05, 3.63) is 165 Å². The van der Waals surface area contributed by atoms with E-state index in [1.165, 1.54) is 48.5 Å². The average molecular weight is 1440 g/mol. The summed E-state index contributed by atoms with van der Waals surface area (Å²) in [5.41, 5.74) is 2.62. The van der Waals surface area contributed by atoms with Gasteiger partial charge >= 0.3 is 0 Å². The summed E-state index contributed by atoms with van der Waals surface area (Å²) in [5.74, 6) is 2.09. The van der Waals surface area contributed by atoms with Crippen LogP contribution in [0.2, 0.25) is 5.28 Å². The van der Waals surface area contributed by atoms with E-state index < -0.39 is 68.8 Å². The highest BCUT2D eigenvalue weighted by Gasteiger charge is 2.39. The van der Waals surface area contributed by atoms with Gasteiger partial charge in [0.2, 0.25) is 52.9 Å². The van der Waals surface area contributed by atoms with E-state index in [4.69, 9.17) is 84.4 Å². The third-order valence-corrected chi connectivity index (χ3v) is 18.4. The SMILES string of the molecule is CN(C)[C@H]1CO[C@@H](CNc2nc(N[C@H]3COCO[C@H]3c3ccc([N+](=O)[O-])cc3)nc(N3CCN(c4nc(Cl)nc(N5CCN(c6nc(NC[C@@H]7OC[C@H](N(C)C)[C@H](c8ccc([N+](=O)[O-])cc8)O7)nc(N[C@H]7COCO[C@H]7c7ccc([N+](=O)[O-])cc7)n6)CC5)n4)CC3)n2)O[C@H]1c1ccc([N+](=O)[O-])cc1. The Kier molecular flexibility index (Phi) is 22.1. The van der Waals surface area contributed by atoms with Gasteiger partial charge < -0.3 is 88.6 Å². The van der Waals surface area contributed by atoms with E-state index in [1.807, 2.05) is 57.6 Å². The van der Waals surface area contributed by atoms with Crippen molar-refractivity contribution in [2.24, 2.45) is 0 Å². The van der Waals surface area contributed by atoms with E-state index in [-0.39, 0.29) is 117 Å². The van der Waals surface area contributed by atoms with Gasteiger partial charge in [-0.25, -0.2) is 0 Å². The number of nitrogens with zero attached hydrogens (tertiary/aromatic N) is 19. The number of halogens is 1. The maximum absolute atomic E-state index is 11.5. The zero-order chi connectivity index (χ0) is 71.8. The fraction of sp³-hybridized carbons (Fsp3) is 0.476. The van der Waals surface area contributed by atoms with Crippen LogP contribution in [-0.2, 0) is 37.9 Å². The Hall–Kier alpha value is -10.2. The highest BCUT2D eigenvalue weighted by atomic mass is 35.5. The molecule has 39 nitrogen and oxygen atoms in total. The minimum atomic E-state index is -0.795. The quantitative estimate of drug-likeness (QED) is 0.0449. The van der Waals surface area contributed by atoms with Crippen LogP contribution in [0.4, 0.5) is 70.3 Å². The summed E-state index contributed by atoms with van der Waals surface area (Å²) in [5, 5.41) is 59.4. The molecule has 0 saturated carbocycles. The second-order valence-corrected chi connectivity index (χ2v) is 25.6. The van der Waals surface area contributed by atoms with Crippen molar-refractivity contribution >= 4 is 81.9 Å². The molecule has 0 bridgehead atoms. The molecule has 40 heteroatoms. The van der Waals surface area contributed by atoms with Gasteiger partial charge in [-0.2, -0.15) is 44.9 Å². The first-order valence-electron chi connectivity index (χ1n) is 33.0. The van der Waals surface area contributed by atoms with Gasteiger partial charge in [0.15, 0.2) is 12.6 Å². The minimum Gasteiger partial charge on any atom is -0.353 e. The van der Waals surface area contributed by atoms with Crippen molar-refractivity contribution in [2.75, 3.05) is 175 Å². The second-order valence-electron chi connectivity index (χ2n) is 25.2. The van der Waals surface area contributed by atoms with Crippen molar-refractivity contribution in [1.29, 1.82) is 0 Å². The fourth-order valence-electron chi connectivity index (χ4n) is 12.7. The standard InChI is InChI=1S/C63H74ClN23O16/c1-78(2)47-33-98-49(102-53(47)39-9-17-43(18-10-39)86(92)93)29-65-56-71-58(67-45-31-96-35-100-51(45)37-5-13-41(14-6-37)84(88)89)75-62(73-56)82-25-21-80(22-26-82)60-69-55(64)70-61(77-60)81-23-27-83(28-24-81)63-74-57(66-30-50-99-34-48(79(3)4)54(103-50)40-11-19-44(20-12-40)87(94)95)72-59(76-63)68-46-32-97-36-101-52(46)38-7-15-42(16-8-38)85(90)91/h5-20,45-54H,21-36H2,1-4H3,(H2,65,67,71,73,75)(H2,66,68,72,74,76)/t45-,46-,47-,48-,49+,50+,51-,52-,53-,54-/m0/s1. The summed E-state index contributed by atoms with van der Waals surface area (Å²) < 4.78 is 49.1. The van der Waals surface area contributed by atoms with Gasteiger partial charge in [0.05, 0.1) is 83.4 Å². The number of nitro groups is 4. The molecule has 10 atom stereocenters. The zero-order valence-corrected chi connectivity index (χ0v) is 57.0. The van der Waals surface area contributed by atoms with E-state index >= 15 is 0 Å². The third kappa shape index (κ3) is 17.1. The lowest BCUT2D eigenvalue weighted by Crippen LogP contribution is -2.49. The van der Waals surface area contributed by atoms with Gasteiger partial charge in [-0.05, 0) is 111 Å². The average Bonchev–Trinajstić information content (AvgIpc) is 0.822. The van der Waals surface area contributed by atoms with E-state index in [0.717, 1.165) is 11.1 Å². The Balaban J connectivity index is 0.698. The number of aromatic nitrogens is 9. The van der Waals surface area contributed by atoms with Gasteiger partial charge in [0.25, 0.3) is 22.7 Å². The van der Waals surface area contributed by atoms with E-state index in [1.54, 1.807) is 48.5 Å². The molecule has 0 aliphatic carbocycles. The number of piperazine rings is 2. The van der Waals surface area contributed by atoms with Gasteiger partial charge in [0, 0.05) is 101 Å². The van der Waals surface area contributed by atoms with E-state index in [0.29, 0.717) is 87.3 Å². The lowest BCUT2D eigenvalue weighted by molar-refractivity contribution is -0.385. The monoisotopic (exact) mass is 1440 g/mol. The zero-order valence-electron chi connectivity index (χ0n) is 56.2. The first-order chi connectivity index (χ1) is 49.8. The number of non-ortho nitro benzene ring substituents is 4. The number of hydrogen-bond donors (Lipinski definition) is 4. The first kappa shape index (κ1) is 71.2. The molecule has 13 rings (SSSR count). The minimum absolute atomic E-state index is 0.00693. The predicted molar refractivity (Wildman–Crippen MR) is 369 cm³/mol. The summed E-state index contributed by atoms with van der Waals surface area (Å²) in [4.78, 5) is 99.4. The molecular weight excluding hydrogens is 1370 g/mol. The van der Waals surface area contributed by atoms with Crippen LogP contribution in [0.1, 0.15) is 46.7 Å². The second kappa shape index (κ2) is 32.0. The number of anilines is 8. The Bertz CT molecular complexity index is 3860. The molecule has 3 aromatic heterocycles. The van der Waals surface area contributed by atoms with Crippen LogP contribution in [0, 0.1) is 40.5 Å². The molecule has 9 heterocycles. The molecule has 7 aromatic rings. The number of ether oxygens (including phenoxy) is 8. The third-order valence-electron chi connectivity index (χ3n) is 18.3. The van der Waals surface area contributed by atoms with Crippen molar-refractivity contribution < 1.29 is 57.6 Å². The van der Waals surface area contributed by atoms with Gasteiger partial charge in [0.1, 0.15) is 38.0 Å². The molecule has 6 aliphatic heterocycles. The molecule has 6 saturated heterocycles.